The zero-order chi connectivity index (χ0) is 12.2. The Labute approximate surface area is 99.7 Å². The van der Waals surface area contributed by atoms with Crippen LogP contribution < -0.4 is 0 Å². The Hall–Kier alpha value is -0.340. The van der Waals surface area contributed by atoms with Crippen LogP contribution in [0.4, 0.5) is 0 Å². The molecule has 1 fully saturated rings. The third kappa shape index (κ3) is 4.26. The minimum Gasteiger partial charge on any atom is -0.388 e. The van der Waals surface area contributed by atoms with Gasteiger partial charge in [0.05, 0.1) is 18.8 Å². The smallest absolute Gasteiger partial charge is 0.0809 e. The fourth-order valence-electron chi connectivity index (χ4n) is 2.09. The lowest BCUT2D eigenvalue weighted by molar-refractivity contribution is 0.0670. The maximum Gasteiger partial charge on any atom is 0.0809 e. The number of hydrogen-bond donors (Lipinski definition) is 1. The van der Waals surface area contributed by atoms with E-state index in [4.69, 9.17) is 4.74 Å². The van der Waals surface area contributed by atoms with Crippen molar-refractivity contribution in [2.75, 3.05) is 6.61 Å². The molecule has 2 rings (SSSR count). The first-order valence-electron chi connectivity index (χ1n) is 6.43. The van der Waals surface area contributed by atoms with E-state index in [1.807, 2.05) is 6.92 Å². The lowest BCUT2D eigenvalue weighted by atomic mass is 9.75. The number of ether oxygens (including phenoxy) is 1. The summed E-state index contributed by atoms with van der Waals surface area (Å²) in [7, 11) is 0. The standard InChI is InChI=1S/C9H16O.C5H10O/c1-7-5-4-6-9(2,3)8(7)10;1-2-3-5-4-6-5/h5,8,10H,4,6H2,1-3H3;5H,2-4H2,1H3. The van der Waals surface area contributed by atoms with Crippen LogP contribution in [-0.2, 0) is 4.74 Å². The summed E-state index contributed by atoms with van der Waals surface area (Å²) >= 11 is 0. The van der Waals surface area contributed by atoms with Crippen LogP contribution in [0.1, 0.15) is 53.4 Å². The lowest BCUT2D eigenvalue weighted by Gasteiger charge is -2.34. The van der Waals surface area contributed by atoms with Gasteiger partial charge >= 0.3 is 0 Å². The van der Waals surface area contributed by atoms with Crippen molar-refractivity contribution in [1.82, 2.24) is 0 Å². The Morgan fingerprint density at radius 1 is 1.50 bits per heavy atom. The zero-order valence-corrected chi connectivity index (χ0v) is 11.1. The molecule has 0 aromatic carbocycles. The van der Waals surface area contributed by atoms with Crippen LogP contribution in [0, 0.1) is 5.41 Å². The summed E-state index contributed by atoms with van der Waals surface area (Å²) in [4.78, 5) is 0. The van der Waals surface area contributed by atoms with Crippen molar-refractivity contribution in [1.29, 1.82) is 0 Å². The summed E-state index contributed by atoms with van der Waals surface area (Å²) in [5.74, 6) is 0. The predicted molar refractivity (Wildman–Crippen MR) is 67.4 cm³/mol. The normalized spacial score (nSPS) is 31.2. The molecule has 0 aromatic rings. The number of hydrogen-bond acceptors (Lipinski definition) is 2. The third-order valence-corrected chi connectivity index (χ3v) is 3.44. The zero-order valence-electron chi connectivity index (χ0n) is 11.1. The van der Waals surface area contributed by atoms with E-state index in [1.165, 1.54) is 12.8 Å². The number of allylic oxidation sites excluding steroid dienone is 1. The van der Waals surface area contributed by atoms with E-state index in [-0.39, 0.29) is 11.5 Å². The van der Waals surface area contributed by atoms with Gasteiger partial charge in [-0.3, -0.25) is 0 Å². The second kappa shape index (κ2) is 5.83. The molecule has 1 aliphatic heterocycles. The Morgan fingerprint density at radius 2 is 2.12 bits per heavy atom. The predicted octanol–water partition coefficient (Wildman–Crippen LogP) is 3.30. The molecule has 2 atom stereocenters. The van der Waals surface area contributed by atoms with Gasteiger partial charge in [0.25, 0.3) is 0 Å². The molecule has 0 aromatic heterocycles. The maximum atomic E-state index is 9.64. The first-order valence-corrected chi connectivity index (χ1v) is 6.43. The van der Waals surface area contributed by atoms with E-state index >= 15 is 0 Å². The second-order valence-electron chi connectivity index (χ2n) is 5.62. The molecule has 1 saturated heterocycles. The van der Waals surface area contributed by atoms with Crippen LogP contribution in [0.2, 0.25) is 0 Å². The molecular weight excluding hydrogens is 200 g/mol. The topological polar surface area (TPSA) is 32.8 Å². The van der Waals surface area contributed by atoms with Gasteiger partial charge in [-0.1, -0.05) is 33.3 Å². The summed E-state index contributed by atoms with van der Waals surface area (Å²) in [6.45, 7) is 9.45. The fraction of sp³-hybridized carbons (Fsp3) is 0.857. The highest BCUT2D eigenvalue weighted by molar-refractivity contribution is 5.12. The molecule has 2 aliphatic rings. The average Bonchev–Trinajstić information content (AvgIpc) is 3.00. The van der Waals surface area contributed by atoms with Crippen LogP contribution in [0.5, 0.6) is 0 Å². The number of aliphatic hydroxyl groups excluding tert-OH is 1. The van der Waals surface area contributed by atoms with Crippen LogP contribution >= 0.6 is 0 Å². The van der Waals surface area contributed by atoms with Gasteiger partial charge in [0.2, 0.25) is 0 Å². The number of rotatable bonds is 2. The SMILES string of the molecule is CC1=CCCC(C)(C)C1O.CCCC1CO1. The molecule has 94 valence electrons. The summed E-state index contributed by atoms with van der Waals surface area (Å²) in [6, 6.07) is 0. The largest absolute Gasteiger partial charge is 0.388 e. The van der Waals surface area contributed by atoms with Crippen molar-refractivity contribution >= 4 is 0 Å². The Balaban J connectivity index is 0.000000181. The van der Waals surface area contributed by atoms with Crippen molar-refractivity contribution in [3.8, 4) is 0 Å². The van der Waals surface area contributed by atoms with Crippen molar-refractivity contribution in [2.24, 2.45) is 5.41 Å². The van der Waals surface area contributed by atoms with E-state index in [9.17, 15) is 5.11 Å². The number of aliphatic hydroxyl groups is 1. The Kier molecular flexibility index (Phi) is 5.00. The van der Waals surface area contributed by atoms with Gasteiger partial charge in [0.1, 0.15) is 0 Å². The van der Waals surface area contributed by atoms with E-state index in [2.05, 4.69) is 26.8 Å². The van der Waals surface area contributed by atoms with E-state index in [1.54, 1.807) is 0 Å². The van der Waals surface area contributed by atoms with Crippen LogP contribution in [0.25, 0.3) is 0 Å². The van der Waals surface area contributed by atoms with Gasteiger partial charge in [-0.15, -0.1) is 0 Å². The third-order valence-electron chi connectivity index (χ3n) is 3.44. The van der Waals surface area contributed by atoms with Crippen molar-refractivity contribution in [2.45, 2.75) is 65.6 Å². The van der Waals surface area contributed by atoms with Gasteiger partial charge in [0.15, 0.2) is 0 Å². The van der Waals surface area contributed by atoms with Crippen LogP contribution in [-0.4, -0.2) is 23.9 Å². The average molecular weight is 226 g/mol. The summed E-state index contributed by atoms with van der Waals surface area (Å²) in [6.07, 6.45) is 7.32. The van der Waals surface area contributed by atoms with Gasteiger partial charge in [-0.2, -0.15) is 0 Å². The minimum absolute atomic E-state index is 0.0961. The van der Waals surface area contributed by atoms with Gasteiger partial charge in [-0.25, -0.2) is 0 Å². The highest BCUT2D eigenvalue weighted by Crippen LogP contribution is 2.34. The molecule has 1 N–H and O–H groups in total. The Bertz CT molecular complexity index is 239. The van der Waals surface area contributed by atoms with E-state index in [0.717, 1.165) is 25.0 Å². The first-order chi connectivity index (χ1) is 7.47. The molecule has 1 aliphatic carbocycles. The molecule has 2 heteroatoms. The summed E-state index contributed by atoms with van der Waals surface area (Å²) in [5.41, 5.74) is 1.23. The highest BCUT2D eigenvalue weighted by Gasteiger charge is 2.30. The monoisotopic (exact) mass is 226 g/mol. The van der Waals surface area contributed by atoms with Crippen molar-refractivity contribution in [3.05, 3.63) is 11.6 Å². The maximum absolute atomic E-state index is 9.64. The van der Waals surface area contributed by atoms with Crippen molar-refractivity contribution < 1.29 is 9.84 Å². The fourth-order valence-corrected chi connectivity index (χ4v) is 2.09. The second-order valence-corrected chi connectivity index (χ2v) is 5.62. The highest BCUT2D eigenvalue weighted by atomic mass is 16.6. The van der Waals surface area contributed by atoms with Gasteiger partial charge in [-0.05, 0) is 37.2 Å². The molecule has 1 heterocycles. The molecule has 0 saturated carbocycles. The molecule has 16 heavy (non-hydrogen) atoms. The molecule has 0 amide bonds. The molecule has 2 nitrogen and oxygen atoms in total. The van der Waals surface area contributed by atoms with Gasteiger partial charge < -0.3 is 9.84 Å². The Morgan fingerprint density at radius 3 is 2.44 bits per heavy atom. The van der Waals surface area contributed by atoms with E-state index < -0.39 is 0 Å². The molecule has 0 spiro atoms. The van der Waals surface area contributed by atoms with Crippen LogP contribution in [0.15, 0.2) is 11.6 Å². The lowest BCUT2D eigenvalue weighted by Crippen LogP contribution is -2.32. The molecule has 0 radical (unpaired) electrons. The van der Waals surface area contributed by atoms with E-state index in [0.29, 0.717) is 6.10 Å². The summed E-state index contributed by atoms with van der Waals surface area (Å²) < 4.78 is 4.95. The minimum atomic E-state index is -0.221. The molecular formula is C14H26O2. The van der Waals surface area contributed by atoms with Crippen LogP contribution in [0.3, 0.4) is 0 Å². The van der Waals surface area contributed by atoms with Crippen molar-refractivity contribution in [3.63, 3.8) is 0 Å². The van der Waals surface area contributed by atoms with Gasteiger partial charge in [0, 0.05) is 0 Å². The quantitative estimate of drug-likeness (QED) is 0.579. The number of epoxide rings is 1. The first kappa shape index (κ1) is 13.7. The molecule has 2 unspecified atom stereocenters. The summed E-state index contributed by atoms with van der Waals surface area (Å²) in [5, 5.41) is 9.64. The molecule has 0 bridgehead atoms.